The summed E-state index contributed by atoms with van der Waals surface area (Å²) in [4.78, 5) is 14.6. The van der Waals surface area contributed by atoms with Gasteiger partial charge in [-0.3, -0.25) is 4.79 Å². The average Bonchev–Trinajstić information content (AvgIpc) is 3.21. The normalized spacial score (nSPS) is 13.4. The van der Waals surface area contributed by atoms with Crippen LogP contribution < -0.4 is 25.0 Å². The van der Waals surface area contributed by atoms with Gasteiger partial charge in [0.1, 0.15) is 11.5 Å². The van der Waals surface area contributed by atoms with Gasteiger partial charge in [0.05, 0.1) is 26.5 Å². The SMILES string of the molecule is COc1ccc(OC)c(NC(=O)CNc2ccc(N3CCCC3)cc2)c1. The number of ether oxygens (including phenoxy) is 2. The summed E-state index contributed by atoms with van der Waals surface area (Å²) in [7, 11) is 3.15. The van der Waals surface area contributed by atoms with Gasteiger partial charge in [0, 0.05) is 30.5 Å². The fourth-order valence-corrected chi connectivity index (χ4v) is 3.05. The molecule has 0 radical (unpaired) electrons. The number of hydrogen-bond acceptors (Lipinski definition) is 5. The van der Waals surface area contributed by atoms with Crippen molar-refractivity contribution in [3.05, 3.63) is 42.5 Å². The molecule has 6 heteroatoms. The molecule has 3 rings (SSSR count). The molecule has 0 aliphatic carbocycles. The predicted molar refractivity (Wildman–Crippen MR) is 105 cm³/mol. The monoisotopic (exact) mass is 355 g/mol. The molecule has 1 fully saturated rings. The van der Waals surface area contributed by atoms with Crippen LogP contribution in [0.25, 0.3) is 0 Å². The van der Waals surface area contributed by atoms with Crippen molar-refractivity contribution in [2.45, 2.75) is 12.8 Å². The lowest BCUT2D eigenvalue weighted by Gasteiger charge is -2.18. The molecule has 0 saturated carbocycles. The van der Waals surface area contributed by atoms with Gasteiger partial charge in [-0.1, -0.05) is 0 Å². The van der Waals surface area contributed by atoms with E-state index in [4.69, 9.17) is 9.47 Å². The van der Waals surface area contributed by atoms with Crippen molar-refractivity contribution in [1.82, 2.24) is 0 Å². The van der Waals surface area contributed by atoms with Crippen LogP contribution in [0.1, 0.15) is 12.8 Å². The molecule has 1 saturated heterocycles. The zero-order valence-electron chi connectivity index (χ0n) is 15.2. The van der Waals surface area contributed by atoms with E-state index in [1.807, 2.05) is 12.1 Å². The van der Waals surface area contributed by atoms with Gasteiger partial charge >= 0.3 is 0 Å². The largest absolute Gasteiger partial charge is 0.497 e. The molecule has 2 aromatic rings. The molecule has 2 aromatic carbocycles. The first kappa shape index (κ1) is 17.9. The molecule has 1 aliphatic heterocycles. The molecular formula is C20H25N3O3. The first-order chi connectivity index (χ1) is 12.7. The van der Waals surface area contributed by atoms with Gasteiger partial charge in [0.15, 0.2) is 0 Å². The van der Waals surface area contributed by atoms with Crippen molar-refractivity contribution < 1.29 is 14.3 Å². The number of nitrogens with zero attached hydrogens (tertiary/aromatic N) is 1. The Bertz CT molecular complexity index is 740. The molecule has 0 bridgehead atoms. The number of carbonyl (C=O) groups excluding carboxylic acids is 1. The topological polar surface area (TPSA) is 62.8 Å². The van der Waals surface area contributed by atoms with Gasteiger partial charge in [0.25, 0.3) is 0 Å². The van der Waals surface area contributed by atoms with Crippen LogP contribution in [0, 0.1) is 0 Å². The number of benzene rings is 2. The lowest BCUT2D eigenvalue weighted by atomic mass is 10.2. The highest BCUT2D eigenvalue weighted by Gasteiger charge is 2.12. The van der Waals surface area contributed by atoms with E-state index in [2.05, 4.69) is 27.7 Å². The lowest BCUT2D eigenvalue weighted by Crippen LogP contribution is -2.22. The highest BCUT2D eigenvalue weighted by Crippen LogP contribution is 2.28. The lowest BCUT2D eigenvalue weighted by molar-refractivity contribution is -0.114. The smallest absolute Gasteiger partial charge is 0.243 e. The van der Waals surface area contributed by atoms with Gasteiger partial charge in [0.2, 0.25) is 5.91 Å². The second kappa shape index (κ2) is 8.47. The van der Waals surface area contributed by atoms with E-state index in [0.717, 1.165) is 18.8 Å². The maximum atomic E-state index is 12.3. The number of nitrogens with one attached hydrogen (secondary N) is 2. The Morgan fingerprint density at radius 2 is 1.77 bits per heavy atom. The van der Waals surface area contributed by atoms with Crippen molar-refractivity contribution in [2.24, 2.45) is 0 Å². The molecule has 2 N–H and O–H groups in total. The molecule has 26 heavy (non-hydrogen) atoms. The Hall–Kier alpha value is -2.89. The van der Waals surface area contributed by atoms with E-state index in [9.17, 15) is 4.79 Å². The highest BCUT2D eigenvalue weighted by atomic mass is 16.5. The van der Waals surface area contributed by atoms with Crippen LogP contribution in [0.2, 0.25) is 0 Å². The van der Waals surface area contributed by atoms with Gasteiger partial charge in [-0.05, 0) is 49.2 Å². The fourth-order valence-electron chi connectivity index (χ4n) is 3.05. The van der Waals surface area contributed by atoms with Crippen molar-refractivity contribution >= 4 is 23.0 Å². The Morgan fingerprint density at radius 1 is 1.04 bits per heavy atom. The third-order valence-electron chi connectivity index (χ3n) is 4.47. The van der Waals surface area contributed by atoms with Gasteiger partial charge in [-0.2, -0.15) is 0 Å². The molecular weight excluding hydrogens is 330 g/mol. The van der Waals surface area contributed by atoms with Gasteiger partial charge in [-0.15, -0.1) is 0 Å². The van der Waals surface area contributed by atoms with Crippen molar-refractivity contribution in [3.8, 4) is 11.5 Å². The summed E-state index contributed by atoms with van der Waals surface area (Å²) >= 11 is 0. The van der Waals surface area contributed by atoms with Gasteiger partial charge in [-0.25, -0.2) is 0 Å². The number of carbonyl (C=O) groups is 1. The zero-order valence-corrected chi connectivity index (χ0v) is 15.2. The second-order valence-corrected chi connectivity index (χ2v) is 6.21. The van der Waals surface area contributed by atoms with E-state index in [1.54, 1.807) is 32.4 Å². The summed E-state index contributed by atoms with van der Waals surface area (Å²) in [6.07, 6.45) is 2.52. The van der Waals surface area contributed by atoms with Crippen molar-refractivity contribution in [3.63, 3.8) is 0 Å². The maximum Gasteiger partial charge on any atom is 0.243 e. The Balaban J connectivity index is 1.55. The van der Waals surface area contributed by atoms with Gasteiger partial charge < -0.3 is 25.0 Å². The zero-order chi connectivity index (χ0) is 18.4. The molecule has 138 valence electrons. The van der Waals surface area contributed by atoms with E-state index >= 15 is 0 Å². The van der Waals surface area contributed by atoms with Crippen molar-refractivity contribution in [2.75, 3.05) is 49.4 Å². The number of hydrogen-bond donors (Lipinski definition) is 2. The third-order valence-corrected chi connectivity index (χ3v) is 4.47. The molecule has 1 heterocycles. The molecule has 6 nitrogen and oxygen atoms in total. The van der Waals surface area contributed by atoms with Crippen LogP contribution in [0.3, 0.4) is 0 Å². The molecule has 1 amide bonds. The molecule has 0 aromatic heterocycles. The summed E-state index contributed by atoms with van der Waals surface area (Å²) in [5, 5.41) is 5.99. The van der Waals surface area contributed by atoms with E-state index in [-0.39, 0.29) is 12.5 Å². The number of rotatable bonds is 7. The Labute approximate surface area is 154 Å². The number of methoxy groups -OCH3 is 2. The van der Waals surface area contributed by atoms with E-state index in [0.29, 0.717) is 17.2 Å². The molecule has 0 unspecified atom stereocenters. The summed E-state index contributed by atoms with van der Waals surface area (Å²) in [6, 6.07) is 13.5. The summed E-state index contributed by atoms with van der Waals surface area (Å²) in [5.41, 5.74) is 2.74. The minimum absolute atomic E-state index is 0.153. The molecule has 1 aliphatic rings. The van der Waals surface area contributed by atoms with Crippen LogP contribution in [-0.4, -0.2) is 39.8 Å². The first-order valence-electron chi connectivity index (χ1n) is 8.80. The second-order valence-electron chi connectivity index (χ2n) is 6.21. The average molecular weight is 355 g/mol. The Kier molecular flexibility index (Phi) is 5.84. The van der Waals surface area contributed by atoms with E-state index < -0.39 is 0 Å². The van der Waals surface area contributed by atoms with Crippen molar-refractivity contribution in [1.29, 1.82) is 0 Å². The Morgan fingerprint density at radius 3 is 2.42 bits per heavy atom. The number of anilines is 3. The van der Waals surface area contributed by atoms with Crippen LogP contribution in [-0.2, 0) is 4.79 Å². The number of amides is 1. The van der Waals surface area contributed by atoms with Crippen LogP contribution in [0.4, 0.5) is 17.1 Å². The quantitative estimate of drug-likeness (QED) is 0.797. The maximum absolute atomic E-state index is 12.3. The third kappa shape index (κ3) is 4.39. The molecule has 0 atom stereocenters. The minimum Gasteiger partial charge on any atom is -0.497 e. The summed E-state index contributed by atoms with van der Waals surface area (Å²) in [5.74, 6) is 1.10. The van der Waals surface area contributed by atoms with Crippen LogP contribution >= 0.6 is 0 Å². The van der Waals surface area contributed by atoms with Crippen LogP contribution in [0.15, 0.2) is 42.5 Å². The predicted octanol–water partition coefficient (Wildman–Crippen LogP) is 3.35. The highest BCUT2D eigenvalue weighted by molar-refractivity contribution is 5.95. The first-order valence-corrected chi connectivity index (χ1v) is 8.80. The fraction of sp³-hybridized carbons (Fsp3) is 0.350. The summed E-state index contributed by atoms with van der Waals surface area (Å²) < 4.78 is 10.5. The van der Waals surface area contributed by atoms with E-state index in [1.165, 1.54) is 18.5 Å². The molecule has 0 spiro atoms. The van der Waals surface area contributed by atoms with Crippen LogP contribution in [0.5, 0.6) is 11.5 Å². The minimum atomic E-state index is -0.153. The standard InChI is InChI=1S/C20H25N3O3/c1-25-17-9-10-19(26-2)18(13-17)22-20(24)14-21-15-5-7-16(8-6-15)23-11-3-4-12-23/h5-10,13,21H,3-4,11-12,14H2,1-2H3,(H,22,24). The summed E-state index contributed by atoms with van der Waals surface area (Å²) in [6.45, 7) is 2.42.